The first kappa shape index (κ1) is 23.4. The van der Waals surface area contributed by atoms with Crippen LogP contribution in [0.3, 0.4) is 0 Å². The largest absolute Gasteiger partial charge is 0.481 e. The van der Waals surface area contributed by atoms with E-state index >= 15 is 0 Å². The number of hydrogen-bond acceptors (Lipinski definition) is 6. The predicted octanol–water partition coefficient (Wildman–Crippen LogP) is 4.84. The zero-order chi connectivity index (χ0) is 22.3. The molecule has 30 heavy (non-hydrogen) atoms. The fourth-order valence-corrected chi connectivity index (χ4v) is 3.04. The number of anilines is 2. The molecule has 0 amide bonds. The minimum absolute atomic E-state index is 0.115. The van der Waals surface area contributed by atoms with E-state index in [0.29, 0.717) is 17.7 Å². The molecular weight excluding hydrogens is 403 g/mol. The summed E-state index contributed by atoms with van der Waals surface area (Å²) in [6.45, 7) is 3.18. The number of nitrogens with zero attached hydrogens (tertiary/aromatic N) is 2. The van der Waals surface area contributed by atoms with Crippen molar-refractivity contribution in [2.24, 2.45) is 0 Å². The summed E-state index contributed by atoms with van der Waals surface area (Å²) in [4.78, 5) is 19.0. The van der Waals surface area contributed by atoms with Crippen LogP contribution in [0.4, 0.5) is 24.5 Å². The van der Waals surface area contributed by atoms with E-state index in [1.807, 2.05) is 6.92 Å². The molecule has 164 valence electrons. The topological polar surface area (TPSA) is 93.6 Å². The van der Waals surface area contributed by atoms with E-state index in [9.17, 15) is 18.0 Å². The van der Waals surface area contributed by atoms with Gasteiger partial charge < -0.3 is 19.9 Å². The lowest BCUT2D eigenvalue weighted by Crippen LogP contribution is -2.24. The summed E-state index contributed by atoms with van der Waals surface area (Å²) in [7, 11) is 1.40. The summed E-state index contributed by atoms with van der Waals surface area (Å²) in [5.41, 5.74) is 0.978. The molecule has 1 aromatic heterocycles. The third-order valence-electron chi connectivity index (χ3n) is 4.47. The number of carboxylic acid groups (broad SMARTS) is 1. The van der Waals surface area contributed by atoms with Crippen LogP contribution in [0.2, 0.25) is 0 Å². The number of aliphatic carboxylic acids is 1. The monoisotopic (exact) mass is 427 g/mol. The Morgan fingerprint density at radius 1 is 1.23 bits per heavy atom. The summed E-state index contributed by atoms with van der Waals surface area (Å²) >= 11 is 0. The molecule has 0 fully saturated rings. The summed E-state index contributed by atoms with van der Waals surface area (Å²) in [6.07, 6.45) is -3.63. The molecule has 2 N–H and O–H groups in total. The van der Waals surface area contributed by atoms with E-state index < -0.39 is 18.2 Å². The van der Waals surface area contributed by atoms with Crippen molar-refractivity contribution in [3.8, 4) is 6.01 Å². The van der Waals surface area contributed by atoms with Gasteiger partial charge in [0.15, 0.2) is 6.10 Å². The van der Waals surface area contributed by atoms with Crippen LogP contribution in [0.25, 0.3) is 0 Å². The van der Waals surface area contributed by atoms with E-state index in [4.69, 9.17) is 14.6 Å². The van der Waals surface area contributed by atoms with Gasteiger partial charge in [0.2, 0.25) is 0 Å². The minimum atomic E-state index is -4.63. The molecule has 0 bridgehead atoms. The Hall–Kier alpha value is -2.88. The van der Waals surface area contributed by atoms with Crippen LogP contribution in [0.5, 0.6) is 6.01 Å². The number of methoxy groups -OCH3 is 1. The molecule has 1 heterocycles. The van der Waals surface area contributed by atoms with Gasteiger partial charge in [-0.3, -0.25) is 4.79 Å². The second-order valence-corrected chi connectivity index (χ2v) is 6.51. The Morgan fingerprint density at radius 2 is 1.90 bits per heavy atom. The van der Waals surface area contributed by atoms with Gasteiger partial charge in [0.1, 0.15) is 0 Å². The lowest BCUT2D eigenvalue weighted by Gasteiger charge is -2.25. The van der Waals surface area contributed by atoms with E-state index in [1.54, 1.807) is 0 Å². The number of ether oxygens (including phenoxy) is 2. The molecule has 2 rings (SSSR count). The van der Waals surface area contributed by atoms with Gasteiger partial charge in [-0.25, -0.2) is 9.97 Å². The predicted molar refractivity (Wildman–Crippen MR) is 104 cm³/mol. The van der Waals surface area contributed by atoms with Gasteiger partial charge >= 0.3 is 18.2 Å². The maximum atomic E-state index is 13.6. The van der Waals surface area contributed by atoms with Gasteiger partial charge in [-0.2, -0.15) is 13.2 Å². The third-order valence-corrected chi connectivity index (χ3v) is 4.47. The number of rotatable bonds is 10. The highest BCUT2D eigenvalue weighted by Gasteiger charge is 2.43. The molecule has 0 aliphatic heterocycles. The molecule has 7 nitrogen and oxygen atoms in total. The van der Waals surface area contributed by atoms with E-state index in [-0.39, 0.29) is 36.2 Å². The Bertz CT molecular complexity index is 844. The van der Waals surface area contributed by atoms with Crippen LogP contribution in [0, 0.1) is 0 Å². The lowest BCUT2D eigenvalue weighted by molar-refractivity contribution is -0.222. The fraction of sp³-hybridized carbons (Fsp3) is 0.450. The smallest absolute Gasteiger partial charge is 0.418 e. The number of benzene rings is 1. The number of carbonyl (C=O) groups is 1. The molecule has 0 saturated carbocycles. The van der Waals surface area contributed by atoms with E-state index in [0.717, 1.165) is 0 Å². The summed E-state index contributed by atoms with van der Waals surface area (Å²) in [6, 6.07) is 4.47. The molecule has 1 unspecified atom stereocenters. The van der Waals surface area contributed by atoms with Gasteiger partial charge in [0.25, 0.3) is 0 Å². The molecule has 0 aliphatic carbocycles. The summed E-state index contributed by atoms with van der Waals surface area (Å²) in [5, 5.41) is 12.0. The quantitative estimate of drug-likeness (QED) is 0.560. The van der Waals surface area contributed by atoms with Gasteiger partial charge in [0.05, 0.1) is 31.6 Å². The van der Waals surface area contributed by atoms with Crippen LogP contribution in [0.1, 0.15) is 49.8 Å². The molecule has 0 spiro atoms. The van der Waals surface area contributed by atoms with Crippen LogP contribution in [0.15, 0.2) is 30.6 Å². The summed E-state index contributed by atoms with van der Waals surface area (Å²) in [5.74, 6) is -1.33. The highest BCUT2D eigenvalue weighted by molar-refractivity contribution is 5.69. The SMILES string of the molecule is CCO[C@@H](c1ccc(C(CC)CC(=O)O)cc1Nc1cnc(OC)nc1)C(F)(F)F. The first-order valence-electron chi connectivity index (χ1n) is 9.36. The van der Waals surface area contributed by atoms with Gasteiger partial charge in [-0.05, 0) is 30.9 Å². The van der Waals surface area contributed by atoms with Crippen LogP contribution >= 0.6 is 0 Å². The van der Waals surface area contributed by atoms with Gasteiger partial charge in [-0.1, -0.05) is 19.1 Å². The zero-order valence-electron chi connectivity index (χ0n) is 16.9. The zero-order valence-corrected chi connectivity index (χ0v) is 16.9. The highest BCUT2D eigenvalue weighted by atomic mass is 19.4. The van der Waals surface area contributed by atoms with Crippen molar-refractivity contribution >= 4 is 17.3 Å². The highest BCUT2D eigenvalue weighted by Crippen LogP contribution is 2.41. The molecule has 2 aromatic rings. The Kier molecular flexibility index (Phi) is 7.99. The molecule has 10 heteroatoms. The molecule has 0 radical (unpaired) electrons. The summed E-state index contributed by atoms with van der Waals surface area (Å²) < 4.78 is 50.8. The second kappa shape index (κ2) is 10.2. The van der Waals surface area contributed by atoms with Gasteiger partial charge in [-0.15, -0.1) is 0 Å². The van der Waals surface area contributed by atoms with Crippen molar-refractivity contribution in [1.82, 2.24) is 9.97 Å². The maximum Gasteiger partial charge on any atom is 0.418 e. The van der Waals surface area contributed by atoms with Crippen molar-refractivity contribution in [3.05, 3.63) is 41.7 Å². The van der Waals surface area contributed by atoms with Crippen LogP contribution in [-0.4, -0.2) is 40.9 Å². The van der Waals surface area contributed by atoms with Crippen molar-refractivity contribution in [3.63, 3.8) is 0 Å². The molecule has 2 atom stereocenters. The van der Waals surface area contributed by atoms with E-state index in [2.05, 4.69) is 15.3 Å². The average Bonchev–Trinajstić information content (AvgIpc) is 2.70. The number of carboxylic acids is 1. The number of alkyl halides is 3. The lowest BCUT2D eigenvalue weighted by atomic mass is 9.91. The van der Waals surface area contributed by atoms with Crippen molar-refractivity contribution in [1.29, 1.82) is 0 Å². The normalized spacial score (nSPS) is 13.5. The second-order valence-electron chi connectivity index (χ2n) is 6.51. The van der Waals surface area contributed by atoms with Crippen LogP contribution < -0.4 is 10.1 Å². The first-order valence-corrected chi connectivity index (χ1v) is 9.36. The average molecular weight is 427 g/mol. The minimum Gasteiger partial charge on any atom is -0.481 e. The Labute approximate surface area is 172 Å². The number of halogens is 3. The molecule has 1 aromatic carbocycles. The fourth-order valence-electron chi connectivity index (χ4n) is 3.04. The molecular formula is C20H24F3N3O4. The first-order chi connectivity index (χ1) is 14.2. The van der Waals surface area contributed by atoms with Crippen molar-refractivity contribution < 1.29 is 32.5 Å². The molecule has 0 saturated heterocycles. The standard InChI is InChI=1S/C20H24F3N3O4/c1-4-12(9-17(27)28)13-6-7-15(18(30-5-2)20(21,22)23)16(8-13)26-14-10-24-19(29-3)25-11-14/h6-8,10-12,18,26H,4-5,9H2,1-3H3,(H,27,28)/t12?,18-/m0/s1. The van der Waals surface area contributed by atoms with E-state index in [1.165, 1.54) is 44.6 Å². The molecule has 0 aliphatic rings. The Balaban J connectivity index is 2.52. The third kappa shape index (κ3) is 6.06. The van der Waals surface area contributed by atoms with Crippen LogP contribution in [-0.2, 0) is 9.53 Å². The number of nitrogens with one attached hydrogen (secondary N) is 1. The Morgan fingerprint density at radius 3 is 2.40 bits per heavy atom. The number of hydrogen-bond donors (Lipinski definition) is 2. The number of aromatic nitrogens is 2. The van der Waals surface area contributed by atoms with Gasteiger partial charge in [0, 0.05) is 17.9 Å². The van der Waals surface area contributed by atoms with Crippen molar-refractivity contribution in [2.45, 2.75) is 44.9 Å². The van der Waals surface area contributed by atoms with Crippen molar-refractivity contribution in [2.75, 3.05) is 19.0 Å². The maximum absolute atomic E-state index is 13.6.